The van der Waals surface area contributed by atoms with Crippen LogP contribution in [-0.4, -0.2) is 37.5 Å². The Morgan fingerprint density at radius 2 is 1.87 bits per heavy atom. The van der Waals surface area contributed by atoms with Crippen molar-refractivity contribution in [1.82, 2.24) is 14.8 Å². The van der Waals surface area contributed by atoms with Gasteiger partial charge >= 0.3 is 5.97 Å². The first-order chi connectivity index (χ1) is 14.3. The van der Waals surface area contributed by atoms with Gasteiger partial charge in [-0.3, -0.25) is 4.79 Å². The number of carboxylic acids is 1. The standard InChI is InChI=1S/C19H15Cl3N4O3S/c1-2-26-17(12-5-4-11(20)8-14(12)22)24-25-19(26)30-9-16(27)23-15-7-10(18(28)29)3-6-13(15)21/h3-8H,2,9H2,1H3,(H,23,27)(H,28,29). The molecule has 0 unspecified atom stereocenters. The van der Waals surface area contributed by atoms with Crippen LogP contribution in [-0.2, 0) is 11.3 Å². The Balaban J connectivity index is 1.73. The summed E-state index contributed by atoms with van der Waals surface area (Å²) in [6.07, 6.45) is 0. The molecule has 0 radical (unpaired) electrons. The number of aromatic nitrogens is 3. The van der Waals surface area contributed by atoms with Crippen LogP contribution in [0.25, 0.3) is 11.4 Å². The molecule has 1 aromatic heterocycles. The van der Waals surface area contributed by atoms with Gasteiger partial charge in [0, 0.05) is 17.1 Å². The summed E-state index contributed by atoms with van der Waals surface area (Å²) in [5.41, 5.74) is 0.939. The maximum atomic E-state index is 12.4. The van der Waals surface area contributed by atoms with Gasteiger partial charge in [0.1, 0.15) is 0 Å². The molecule has 0 aliphatic rings. The van der Waals surface area contributed by atoms with E-state index in [1.54, 1.807) is 18.2 Å². The first-order valence-electron chi connectivity index (χ1n) is 8.64. The number of rotatable bonds is 7. The molecule has 3 rings (SSSR count). The van der Waals surface area contributed by atoms with E-state index in [1.165, 1.54) is 30.0 Å². The highest BCUT2D eigenvalue weighted by Crippen LogP contribution is 2.31. The molecule has 3 aromatic rings. The molecule has 2 aromatic carbocycles. The van der Waals surface area contributed by atoms with E-state index in [-0.39, 0.29) is 27.9 Å². The van der Waals surface area contributed by atoms with Crippen LogP contribution in [0.1, 0.15) is 17.3 Å². The van der Waals surface area contributed by atoms with E-state index in [9.17, 15) is 9.59 Å². The third-order valence-corrected chi connectivity index (χ3v) is 5.87. The average molecular weight is 486 g/mol. The molecule has 156 valence electrons. The molecule has 1 heterocycles. The van der Waals surface area contributed by atoms with Gasteiger partial charge in [-0.1, -0.05) is 46.6 Å². The highest BCUT2D eigenvalue weighted by Gasteiger charge is 2.17. The van der Waals surface area contributed by atoms with Crippen molar-refractivity contribution in [3.63, 3.8) is 0 Å². The lowest BCUT2D eigenvalue weighted by Gasteiger charge is -2.10. The van der Waals surface area contributed by atoms with Gasteiger partial charge in [-0.2, -0.15) is 0 Å². The molecule has 30 heavy (non-hydrogen) atoms. The monoisotopic (exact) mass is 484 g/mol. The number of benzene rings is 2. The number of anilines is 1. The summed E-state index contributed by atoms with van der Waals surface area (Å²) in [7, 11) is 0. The van der Waals surface area contributed by atoms with Crippen molar-refractivity contribution in [3.05, 3.63) is 57.0 Å². The molecule has 1 amide bonds. The van der Waals surface area contributed by atoms with Gasteiger partial charge in [0.05, 0.1) is 27.0 Å². The topological polar surface area (TPSA) is 97.1 Å². The van der Waals surface area contributed by atoms with Gasteiger partial charge in [-0.15, -0.1) is 10.2 Å². The minimum absolute atomic E-state index is 0.0255. The minimum atomic E-state index is -1.11. The largest absolute Gasteiger partial charge is 0.478 e. The van der Waals surface area contributed by atoms with E-state index in [4.69, 9.17) is 39.9 Å². The lowest BCUT2D eigenvalue weighted by atomic mass is 10.2. The van der Waals surface area contributed by atoms with E-state index in [1.807, 2.05) is 11.5 Å². The van der Waals surface area contributed by atoms with Crippen molar-refractivity contribution in [1.29, 1.82) is 0 Å². The molecule has 0 spiro atoms. The molecule has 0 aliphatic carbocycles. The third kappa shape index (κ3) is 5.07. The normalized spacial score (nSPS) is 10.8. The summed E-state index contributed by atoms with van der Waals surface area (Å²) >= 11 is 19.5. The van der Waals surface area contributed by atoms with Crippen LogP contribution in [0.4, 0.5) is 5.69 Å². The molecule has 7 nitrogen and oxygen atoms in total. The Morgan fingerprint density at radius 3 is 2.53 bits per heavy atom. The van der Waals surface area contributed by atoms with Crippen molar-refractivity contribution < 1.29 is 14.7 Å². The molecule has 0 saturated heterocycles. The van der Waals surface area contributed by atoms with Gasteiger partial charge in [0.15, 0.2) is 11.0 Å². The fourth-order valence-electron chi connectivity index (χ4n) is 2.62. The second-order valence-electron chi connectivity index (χ2n) is 6.01. The lowest BCUT2D eigenvalue weighted by molar-refractivity contribution is -0.113. The van der Waals surface area contributed by atoms with Crippen LogP contribution in [0.2, 0.25) is 15.1 Å². The number of carboxylic acid groups (broad SMARTS) is 1. The summed E-state index contributed by atoms with van der Waals surface area (Å²) in [6.45, 7) is 2.50. The maximum Gasteiger partial charge on any atom is 0.335 e. The minimum Gasteiger partial charge on any atom is -0.478 e. The molecule has 0 aliphatic heterocycles. The van der Waals surface area contributed by atoms with E-state index in [2.05, 4.69) is 15.5 Å². The fourth-order valence-corrected chi connectivity index (χ4v) is 4.08. The summed E-state index contributed by atoms with van der Waals surface area (Å²) in [5.74, 6) is -0.874. The predicted octanol–water partition coefficient (Wildman–Crippen LogP) is 5.35. The van der Waals surface area contributed by atoms with Gasteiger partial charge in [-0.05, 0) is 43.3 Å². The van der Waals surface area contributed by atoms with E-state index in [0.29, 0.717) is 33.1 Å². The van der Waals surface area contributed by atoms with E-state index < -0.39 is 5.97 Å². The van der Waals surface area contributed by atoms with Gasteiger partial charge < -0.3 is 15.0 Å². The maximum absolute atomic E-state index is 12.4. The number of carbonyl (C=O) groups is 2. The number of hydrogen-bond donors (Lipinski definition) is 2. The number of nitrogens with one attached hydrogen (secondary N) is 1. The number of aromatic carboxylic acids is 1. The smallest absolute Gasteiger partial charge is 0.335 e. The summed E-state index contributed by atoms with van der Waals surface area (Å²) in [5, 5.41) is 21.8. The second-order valence-corrected chi connectivity index (χ2v) is 8.20. The third-order valence-electron chi connectivity index (χ3n) is 4.02. The molecule has 2 N–H and O–H groups in total. The summed E-state index contributed by atoms with van der Waals surface area (Å²) < 4.78 is 1.84. The zero-order valence-electron chi connectivity index (χ0n) is 15.5. The second kappa shape index (κ2) is 9.70. The molecular weight excluding hydrogens is 471 g/mol. The Kier molecular flexibility index (Phi) is 7.25. The van der Waals surface area contributed by atoms with Crippen molar-refractivity contribution >= 4 is 64.1 Å². The van der Waals surface area contributed by atoms with Crippen molar-refractivity contribution in [2.45, 2.75) is 18.6 Å². The Morgan fingerprint density at radius 1 is 1.10 bits per heavy atom. The Hall–Kier alpha value is -2.26. The molecular formula is C19H15Cl3N4O3S. The SMILES string of the molecule is CCn1c(SCC(=O)Nc2cc(C(=O)O)ccc2Cl)nnc1-c1ccc(Cl)cc1Cl. The van der Waals surface area contributed by atoms with Crippen LogP contribution in [0.3, 0.4) is 0 Å². The van der Waals surface area contributed by atoms with Crippen LogP contribution in [0, 0.1) is 0 Å². The Bertz CT molecular complexity index is 1120. The molecule has 0 atom stereocenters. The zero-order valence-corrected chi connectivity index (χ0v) is 18.6. The average Bonchev–Trinajstić information content (AvgIpc) is 3.10. The zero-order chi connectivity index (χ0) is 21.8. The Labute approximate surface area is 191 Å². The van der Waals surface area contributed by atoms with E-state index in [0.717, 1.165) is 0 Å². The first kappa shape index (κ1) is 22.4. The van der Waals surface area contributed by atoms with Crippen LogP contribution < -0.4 is 5.32 Å². The molecule has 0 saturated carbocycles. The number of halogens is 3. The number of carbonyl (C=O) groups excluding carboxylic acids is 1. The highest BCUT2D eigenvalue weighted by atomic mass is 35.5. The number of hydrogen-bond acceptors (Lipinski definition) is 5. The molecule has 0 bridgehead atoms. The van der Waals surface area contributed by atoms with Crippen molar-refractivity contribution in [2.24, 2.45) is 0 Å². The lowest BCUT2D eigenvalue weighted by Crippen LogP contribution is -2.15. The predicted molar refractivity (Wildman–Crippen MR) is 119 cm³/mol. The van der Waals surface area contributed by atoms with Gasteiger partial charge in [-0.25, -0.2) is 4.79 Å². The molecule has 0 fully saturated rings. The number of nitrogens with zero attached hydrogens (tertiary/aromatic N) is 3. The van der Waals surface area contributed by atoms with Crippen molar-refractivity contribution in [2.75, 3.05) is 11.1 Å². The van der Waals surface area contributed by atoms with Crippen LogP contribution in [0.15, 0.2) is 41.6 Å². The number of amides is 1. The van der Waals surface area contributed by atoms with Crippen LogP contribution in [0.5, 0.6) is 0 Å². The highest BCUT2D eigenvalue weighted by molar-refractivity contribution is 7.99. The summed E-state index contributed by atoms with van der Waals surface area (Å²) in [6, 6.07) is 9.20. The van der Waals surface area contributed by atoms with Gasteiger partial charge in [0.2, 0.25) is 5.91 Å². The molecule has 11 heteroatoms. The van der Waals surface area contributed by atoms with E-state index >= 15 is 0 Å². The van der Waals surface area contributed by atoms with Crippen molar-refractivity contribution in [3.8, 4) is 11.4 Å². The first-order valence-corrected chi connectivity index (χ1v) is 10.8. The quantitative estimate of drug-likeness (QED) is 0.438. The fraction of sp³-hybridized carbons (Fsp3) is 0.158. The van der Waals surface area contributed by atoms with Crippen LogP contribution >= 0.6 is 46.6 Å². The van der Waals surface area contributed by atoms with Gasteiger partial charge in [0.25, 0.3) is 0 Å². The summed E-state index contributed by atoms with van der Waals surface area (Å²) in [4.78, 5) is 23.5. The number of thioether (sulfide) groups is 1.